The van der Waals surface area contributed by atoms with Gasteiger partial charge in [-0.15, -0.1) is 0 Å². The first-order valence-electron chi connectivity index (χ1n) is 4.49. The first kappa shape index (κ1) is 10.9. The number of hydrogen-bond donors (Lipinski definition) is 0. The third-order valence-corrected chi connectivity index (χ3v) is 4.03. The highest BCUT2D eigenvalue weighted by Gasteiger charge is 2.30. The fraction of sp³-hybridized carbons (Fsp3) is 1.00. The summed E-state index contributed by atoms with van der Waals surface area (Å²) >= 11 is 0. The third-order valence-electron chi connectivity index (χ3n) is 2.80. The van der Waals surface area contributed by atoms with Crippen molar-refractivity contribution < 1.29 is 8.42 Å². The molecule has 4 nitrogen and oxygen atoms in total. The van der Waals surface area contributed by atoms with Crippen molar-refractivity contribution in [2.75, 3.05) is 26.4 Å². The molecular formula is C8H18N2O2S. The average molecular weight is 206 g/mol. The number of hydrogen-bond acceptors (Lipinski definition) is 3. The second-order valence-electron chi connectivity index (χ2n) is 3.94. The van der Waals surface area contributed by atoms with E-state index in [4.69, 9.17) is 0 Å². The molecule has 1 rings (SSSR count). The summed E-state index contributed by atoms with van der Waals surface area (Å²) in [5.41, 5.74) is 0. The second kappa shape index (κ2) is 3.55. The van der Waals surface area contributed by atoms with Gasteiger partial charge >= 0.3 is 0 Å². The van der Waals surface area contributed by atoms with Crippen LogP contribution < -0.4 is 0 Å². The summed E-state index contributed by atoms with van der Waals surface area (Å²) < 4.78 is 24.1. The molecule has 0 spiro atoms. The molecule has 1 unspecified atom stereocenters. The molecule has 0 aromatic rings. The Morgan fingerprint density at radius 1 is 1.15 bits per heavy atom. The molecule has 0 aromatic heterocycles. The van der Waals surface area contributed by atoms with Gasteiger partial charge in [0, 0.05) is 25.2 Å². The van der Waals surface area contributed by atoms with Gasteiger partial charge in [0.05, 0.1) is 6.26 Å². The number of sulfonamides is 1. The van der Waals surface area contributed by atoms with Gasteiger partial charge in [-0.25, -0.2) is 8.42 Å². The number of rotatable bonds is 1. The highest BCUT2D eigenvalue weighted by molar-refractivity contribution is 7.88. The van der Waals surface area contributed by atoms with Gasteiger partial charge in [0.15, 0.2) is 0 Å². The van der Waals surface area contributed by atoms with E-state index in [1.54, 1.807) is 4.31 Å². The molecule has 0 aliphatic carbocycles. The Balaban J connectivity index is 2.75. The molecule has 0 bridgehead atoms. The molecule has 0 aromatic carbocycles. The van der Waals surface area contributed by atoms with Gasteiger partial charge < -0.3 is 0 Å². The van der Waals surface area contributed by atoms with E-state index in [-0.39, 0.29) is 0 Å². The first-order chi connectivity index (χ1) is 5.82. The largest absolute Gasteiger partial charge is 0.298 e. The molecule has 0 N–H and O–H groups in total. The first-order valence-corrected chi connectivity index (χ1v) is 6.34. The molecule has 78 valence electrons. The Morgan fingerprint density at radius 2 is 1.54 bits per heavy atom. The van der Waals surface area contributed by atoms with Crippen molar-refractivity contribution in [2.24, 2.45) is 0 Å². The quantitative estimate of drug-likeness (QED) is 0.605. The van der Waals surface area contributed by atoms with E-state index in [9.17, 15) is 8.42 Å². The van der Waals surface area contributed by atoms with Crippen LogP contribution in [0.25, 0.3) is 0 Å². The lowest BCUT2D eigenvalue weighted by atomic mass is 10.1. The number of nitrogens with zero attached hydrogens (tertiary/aromatic N) is 2. The molecule has 0 amide bonds. The lowest BCUT2D eigenvalue weighted by molar-refractivity contribution is 0.105. The number of likely N-dealkylation sites (N-methyl/N-ethyl adjacent to an activating group) is 1. The van der Waals surface area contributed by atoms with Crippen LogP contribution in [0.5, 0.6) is 0 Å². The van der Waals surface area contributed by atoms with Crippen molar-refractivity contribution in [2.45, 2.75) is 25.9 Å². The smallest absolute Gasteiger partial charge is 0.211 e. The van der Waals surface area contributed by atoms with Gasteiger partial charge in [-0.2, -0.15) is 4.31 Å². The maximum absolute atomic E-state index is 11.3. The molecule has 2 atom stereocenters. The molecular weight excluding hydrogens is 188 g/mol. The summed E-state index contributed by atoms with van der Waals surface area (Å²) in [6.45, 7) is 5.32. The highest BCUT2D eigenvalue weighted by Crippen LogP contribution is 2.15. The second-order valence-corrected chi connectivity index (χ2v) is 5.93. The molecule has 0 radical (unpaired) electrons. The summed E-state index contributed by atoms with van der Waals surface area (Å²) in [5, 5.41) is 0. The van der Waals surface area contributed by atoms with Crippen LogP contribution in [0.3, 0.4) is 0 Å². The van der Waals surface area contributed by atoms with Crippen LogP contribution in [0.2, 0.25) is 0 Å². The van der Waals surface area contributed by atoms with Gasteiger partial charge in [0.2, 0.25) is 10.0 Å². The Bertz CT molecular complexity index is 264. The van der Waals surface area contributed by atoms with Crippen molar-refractivity contribution >= 4 is 10.0 Å². The topological polar surface area (TPSA) is 40.6 Å². The molecule has 0 saturated carbocycles. The molecule has 1 heterocycles. The fourth-order valence-electron chi connectivity index (χ4n) is 1.63. The fourth-order valence-corrected chi connectivity index (χ4v) is 2.60. The minimum absolute atomic E-state index is 0.304. The molecule has 13 heavy (non-hydrogen) atoms. The lowest BCUT2D eigenvalue weighted by Crippen LogP contribution is -2.56. The predicted molar refractivity (Wildman–Crippen MR) is 53.1 cm³/mol. The SMILES string of the molecule is CC1CN(S(C)(=O)=O)C[C@H](C)N1C. The zero-order valence-corrected chi connectivity index (χ0v) is 9.50. The van der Waals surface area contributed by atoms with E-state index in [0.29, 0.717) is 25.2 Å². The minimum Gasteiger partial charge on any atom is -0.298 e. The molecule has 1 saturated heterocycles. The maximum atomic E-state index is 11.3. The summed E-state index contributed by atoms with van der Waals surface area (Å²) in [5.74, 6) is 0. The standard InChI is InChI=1S/C8H18N2O2S/c1-7-5-10(13(4,11)12)6-8(2)9(7)3/h7-8H,5-6H2,1-4H3/t7-,8?/m0/s1. The zero-order valence-electron chi connectivity index (χ0n) is 8.69. The Labute approximate surface area is 80.6 Å². The Hall–Kier alpha value is -0.130. The zero-order chi connectivity index (χ0) is 10.2. The predicted octanol–water partition coefficient (Wildman–Crippen LogP) is -0.0296. The highest BCUT2D eigenvalue weighted by atomic mass is 32.2. The van der Waals surface area contributed by atoms with E-state index < -0.39 is 10.0 Å². The Kier molecular flexibility index (Phi) is 2.99. The summed E-state index contributed by atoms with van der Waals surface area (Å²) in [7, 11) is -0.972. The van der Waals surface area contributed by atoms with Crippen molar-refractivity contribution in [3.63, 3.8) is 0 Å². The van der Waals surface area contributed by atoms with E-state index in [0.717, 1.165) is 0 Å². The van der Waals surface area contributed by atoms with Gasteiger partial charge in [-0.3, -0.25) is 4.90 Å². The van der Waals surface area contributed by atoms with E-state index in [2.05, 4.69) is 4.90 Å². The number of piperazine rings is 1. The van der Waals surface area contributed by atoms with Crippen molar-refractivity contribution in [1.82, 2.24) is 9.21 Å². The third kappa shape index (κ3) is 2.42. The van der Waals surface area contributed by atoms with Gasteiger partial charge in [0.25, 0.3) is 0 Å². The maximum Gasteiger partial charge on any atom is 0.211 e. The van der Waals surface area contributed by atoms with Crippen LogP contribution in [-0.4, -0.2) is 56.1 Å². The summed E-state index contributed by atoms with van der Waals surface area (Å²) in [4.78, 5) is 2.21. The van der Waals surface area contributed by atoms with E-state index in [1.165, 1.54) is 6.26 Å². The lowest BCUT2D eigenvalue weighted by Gasteiger charge is -2.41. The normalized spacial score (nSPS) is 33.5. The average Bonchev–Trinajstić information content (AvgIpc) is 1.97. The van der Waals surface area contributed by atoms with Crippen molar-refractivity contribution in [3.05, 3.63) is 0 Å². The monoisotopic (exact) mass is 206 g/mol. The van der Waals surface area contributed by atoms with Crippen LogP contribution in [-0.2, 0) is 10.0 Å². The van der Waals surface area contributed by atoms with Crippen molar-refractivity contribution in [1.29, 1.82) is 0 Å². The van der Waals surface area contributed by atoms with Gasteiger partial charge in [-0.05, 0) is 20.9 Å². The van der Waals surface area contributed by atoms with Crippen LogP contribution in [0.4, 0.5) is 0 Å². The summed E-state index contributed by atoms with van der Waals surface area (Å²) in [6.07, 6.45) is 1.28. The van der Waals surface area contributed by atoms with Crippen LogP contribution >= 0.6 is 0 Å². The van der Waals surface area contributed by atoms with E-state index in [1.807, 2.05) is 20.9 Å². The van der Waals surface area contributed by atoms with Crippen LogP contribution in [0.15, 0.2) is 0 Å². The molecule has 1 aliphatic rings. The van der Waals surface area contributed by atoms with Crippen molar-refractivity contribution in [3.8, 4) is 0 Å². The molecule has 1 aliphatic heterocycles. The molecule has 5 heteroatoms. The molecule has 1 fully saturated rings. The van der Waals surface area contributed by atoms with Gasteiger partial charge in [0.1, 0.15) is 0 Å². The Morgan fingerprint density at radius 3 is 1.85 bits per heavy atom. The van der Waals surface area contributed by atoms with E-state index >= 15 is 0 Å². The minimum atomic E-state index is -3.01. The van der Waals surface area contributed by atoms with Gasteiger partial charge in [-0.1, -0.05) is 0 Å². The van der Waals surface area contributed by atoms with Crippen LogP contribution in [0.1, 0.15) is 13.8 Å². The summed E-state index contributed by atoms with van der Waals surface area (Å²) in [6, 6.07) is 0.608. The van der Waals surface area contributed by atoms with Crippen LogP contribution in [0, 0.1) is 0 Å².